The molecule has 0 N–H and O–H groups in total. The molecule has 0 saturated carbocycles. The van der Waals surface area contributed by atoms with Gasteiger partial charge in [-0.05, 0) is 88.0 Å². The van der Waals surface area contributed by atoms with E-state index in [1.54, 1.807) is 18.5 Å². The molecule has 1 aliphatic rings. The van der Waals surface area contributed by atoms with E-state index in [-0.39, 0.29) is 11.8 Å². The molecule has 0 radical (unpaired) electrons. The van der Waals surface area contributed by atoms with Gasteiger partial charge in [0, 0.05) is 34.3 Å². The average molecular weight is 694 g/mol. The molecule has 3 heterocycles. The van der Waals surface area contributed by atoms with Gasteiger partial charge in [0.1, 0.15) is 0 Å². The summed E-state index contributed by atoms with van der Waals surface area (Å²) in [5.74, 6) is -0.703. The summed E-state index contributed by atoms with van der Waals surface area (Å²) >= 11 is 0. The van der Waals surface area contributed by atoms with Crippen LogP contribution in [0.1, 0.15) is 20.7 Å². The predicted molar refractivity (Wildman–Crippen MR) is 218 cm³/mol. The van der Waals surface area contributed by atoms with Gasteiger partial charge in [0.15, 0.2) is 0 Å². The van der Waals surface area contributed by atoms with Crippen molar-refractivity contribution in [3.8, 4) is 50.2 Å². The van der Waals surface area contributed by atoms with Gasteiger partial charge in [-0.1, -0.05) is 121 Å². The second-order valence-corrected chi connectivity index (χ2v) is 13.5. The van der Waals surface area contributed by atoms with E-state index in [0.29, 0.717) is 22.5 Å². The number of imide groups is 1. The number of carbonyl (C=O) groups excluding carboxylic acids is 2. The van der Waals surface area contributed by atoms with Crippen LogP contribution in [0, 0.1) is 0 Å². The minimum Gasteiger partial charge on any atom is -0.308 e. The number of carbonyl (C=O) groups is 2. The van der Waals surface area contributed by atoms with E-state index in [0.717, 1.165) is 66.3 Å². The van der Waals surface area contributed by atoms with E-state index in [1.165, 1.54) is 4.90 Å². The Morgan fingerprint density at radius 3 is 1.63 bits per heavy atom. The number of para-hydroxylation sites is 1. The smallest absolute Gasteiger partial charge is 0.268 e. The number of fused-ring (bicyclic) bond motifs is 4. The first-order chi connectivity index (χ1) is 26.7. The summed E-state index contributed by atoms with van der Waals surface area (Å²) in [7, 11) is 0. The molecule has 2 aromatic heterocycles. The molecule has 0 atom stereocenters. The van der Waals surface area contributed by atoms with Crippen molar-refractivity contribution >= 4 is 39.3 Å². The Balaban J connectivity index is 1.21. The zero-order chi connectivity index (χ0) is 36.2. The molecule has 0 saturated heterocycles. The SMILES string of the molecule is O=C1c2cccc(-n3c4ccccc4c4cc(-c5ccncc5)ccc43)c2C(=O)N1c1c(-c2ccccc2)cc(-c2ccccc2)cc1-c1ccccc1. The van der Waals surface area contributed by atoms with E-state index in [1.807, 2.05) is 115 Å². The summed E-state index contributed by atoms with van der Waals surface area (Å²) in [5.41, 5.74) is 11.5. The second kappa shape index (κ2) is 12.7. The third-order valence-corrected chi connectivity index (χ3v) is 10.4. The molecule has 10 rings (SSSR count). The Labute approximate surface area is 312 Å². The number of anilines is 1. The van der Waals surface area contributed by atoms with E-state index >= 15 is 4.79 Å². The number of hydrogen-bond acceptors (Lipinski definition) is 3. The molecule has 7 aromatic carbocycles. The Morgan fingerprint density at radius 2 is 0.963 bits per heavy atom. The molecule has 5 heteroatoms. The fourth-order valence-electron chi connectivity index (χ4n) is 7.96. The van der Waals surface area contributed by atoms with Gasteiger partial charge in [-0.2, -0.15) is 0 Å². The third-order valence-electron chi connectivity index (χ3n) is 10.4. The van der Waals surface area contributed by atoms with Crippen LogP contribution >= 0.6 is 0 Å². The molecule has 254 valence electrons. The van der Waals surface area contributed by atoms with Gasteiger partial charge in [0.05, 0.1) is 33.5 Å². The molecule has 2 amide bonds. The maximum atomic E-state index is 15.2. The molecule has 0 unspecified atom stereocenters. The summed E-state index contributed by atoms with van der Waals surface area (Å²) in [6.45, 7) is 0. The molecule has 1 aliphatic heterocycles. The van der Waals surface area contributed by atoms with Crippen LogP contribution in [-0.2, 0) is 0 Å². The van der Waals surface area contributed by atoms with Crippen molar-refractivity contribution in [1.29, 1.82) is 0 Å². The summed E-state index contributed by atoms with van der Waals surface area (Å²) in [6, 6.07) is 58.7. The van der Waals surface area contributed by atoms with Crippen LogP contribution in [0.25, 0.3) is 72.0 Å². The second-order valence-electron chi connectivity index (χ2n) is 13.5. The lowest BCUT2D eigenvalue weighted by atomic mass is 9.90. The van der Waals surface area contributed by atoms with Crippen molar-refractivity contribution in [1.82, 2.24) is 9.55 Å². The van der Waals surface area contributed by atoms with Crippen molar-refractivity contribution in [3.05, 3.63) is 199 Å². The first-order valence-corrected chi connectivity index (χ1v) is 18.0. The minimum atomic E-state index is -0.355. The van der Waals surface area contributed by atoms with Gasteiger partial charge in [-0.15, -0.1) is 0 Å². The first-order valence-electron chi connectivity index (χ1n) is 18.0. The lowest BCUT2D eigenvalue weighted by Gasteiger charge is -2.24. The highest BCUT2D eigenvalue weighted by Gasteiger charge is 2.41. The fraction of sp³-hybridized carbons (Fsp3) is 0. The highest BCUT2D eigenvalue weighted by atomic mass is 16.2. The van der Waals surface area contributed by atoms with Crippen molar-refractivity contribution in [3.63, 3.8) is 0 Å². The first kappa shape index (κ1) is 31.4. The zero-order valence-corrected chi connectivity index (χ0v) is 29.1. The molecular formula is C49H31N3O2. The normalized spacial score (nSPS) is 12.5. The Hall–Kier alpha value is -7.37. The van der Waals surface area contributed by atoms with Crippen LogP contribution < -0.4 is 4.90 Å². The topological polar surface area (TPSA) is 55.2 Å². The number of pyridine rings is 1. The molecule has 9 aromatic rings. The number of nitrogens with zero attached hydrogens (tertiary/aromatic N) is 3. The van der Waals surface area contributed by atoms with E-state index in [9.17, 15) is 4.79 Å². The van der Waals surface area contributed by atoms with E-state index < -0.39 is 0 Å². The van der Waals surface area contributed by atoms with Gasteiger partial charge >= 0.3 is 0 Å². The standard InChI is InChI=1S/C49H31N3O2/c53-48-39-20-12-22-45(51-43-21-11-10-19-38(43)42-29-36(23-24-44(42)51)33-25-27-50-28-26-33)46(39)49(54)52(48)47-40(34-15-6-2-7-16-34)30-37(32-13-4-1-5-14-32)31-41(47)35-17-8-3-9-18-35/h1-31H. The van der Waals surface area contributed by atoms with Crippen LogP contribution in [-0.4, -0.2) is 21.4 Å². The summed E-state index contributed by atoms with van der Waals surface area (Å²) in [5, 5.41) is 2.12. The Kier molecular flexibility index (Phi) is 7.37. The highest BCUT2D eigenvalue weighted by Crippen LogP contribution is 2.47. The number of amides is 2. The van der Waals surface area contributed by atoms with Crippen LogP contribution in [0.15, 0.2) is 188 Å². The third kappa shape index (κ3) is 4.98. The maximum Gasteiger partial charge on any atom is 0.268 e. The fourth-order valence-corrected chi connectivity index (χ4v) is 7.96. The molecule has 0 aliphatic carbocycles. The molecule has 0 fully saturated rings. The molecule has 0 bridgehead atoms. The van der Waals surface area contributed by atoms with Crippen LogP contribution in [0.3, 0.4) is 0 Å². The molecule has 0 spiro atoms. The summed E-state index contributed by atoms with van der Waals surface area (Å²) in [6.07, 6.45) is 3.60. The highest BCUT2D eigenvalue weighted by molar-refractivity contribution is 6.37. The van der Waals surface area contributed by atoms with Crippen LogP contribution in [0.2, 0.25) is 0 Å². The molecular weight excluding hydrogens is 663 g/mol. The lowest BCUT2D eigenvalue weighted by Crippen LogP contribution is -2.30. The number of benzene rings is 7. The van der Waals surface area contributed by atoms with Crippen molar-refractivity contribution in [2.45, 2.75) is 0 Å². The summed E-state index contributed by atoms with van der Waals surface area (Å²) < 4.78 is 2.13. The lowest BCUT2D eigenvalue weighted by molar-refractivity contribution is 0.0926. The van der Waals surface area contributed by atoms with E-state index in [4.69, 9.17) is 0 Å². The average Bonchev–Trinajstić information content (AvgIpc) is 3.71. The summed E-state index contributed by atoms with van der Waals surface area (Å²) in [4.78, 5) is 35.7. The largest absolute Gasteiger partial charge is 0.308 e. The van der Waals surface area contributed by atoms with Crippen LogP contribution in [0.4, 0.5) is 5.69 Å². The number of aromatic nitrogens is 2. The predicted octanol–water partition coefficient (Wildman–Crippen LogP) is 11.6. The van der Waals surface area contributed by atoms with Gasteiger partial charge < -0.3 is 4.57 Å². The van der Waals surface area contributed by atoms with Gasteiger partial charge in [-0.25, -0.2) is 4.90 Å². The van der Waals surface area contributed by atoms with Gasteiger partial charge in [0.2, 0.25) is 0 Å². The quantitative estimate of drug-likeness (QED) is 0.163. The minimum absolute atomic E-state index is 0.348. The maximum absolute atomic E-state index is 15.2. The Morgan fingerprint density at radius 1 is 0.389 bits per heavy atom. The number of rotatable bonds is 6. The van der Waals surface area contributed by atoms with Gasteiger partial charge in [0.25, 0.3) is 11.8 Å². The Bertz CT molecular complexity index is 2840. The van der Waals surface area contributed by atoms with Gasteiger partial charge in [-0.3, -0.25) is 14.6 Å². The zero-order valence-electron chi connectivity index (χ0n) is 29.1. The van der Waals surface area contributed by atoms with Crippen molar-refractivity contribution in [2.24, 2.45) is 0 Å². The van der Waals surface area contributed by atoms with Crippen LogP contribution in [0.5, 0.6) is 0 Å². The van der Waals surface area contributed by atoms with Crippen molar-refractivity contribution < 1.29 is 9.59 Å². The molecule has 5 nitrogen and oxygen atoms in total. The monoisotopic (exact) mass is 693 g/mol. The van der Waals surface area contributed by atoms with Crippen molar-refractivity contribution in [2.75, 3.05) is 4.90 Å². The number of hydrogen-bond donors (Lipinski definition) is 0. The van der Waals surface area contributed by atoms with E-state index in [2.05, 4.69) is 64.1 Å². The molecule has 54 heavy (non-hydrogen) atoms.